The lowest BCUT2D eigenvalue weighted by Crippen LogP contribution is -2.57. The van der Waals surface area contributed by atoms with Crippen molar-refractivity contribution in [2.24, 2.45) is 5.92 Å². The van der Waals surface area contributed by atoms with Crippen molar-refractivity contribution in [3.63, 3.8) is 0 Å². The van der Waals surface area contributed by atoms with Crippen molar-refractivity contribution >= 4 is 11.9 Å². The first-order valence-corrected chi connectivity index (χ1v) is 7.51. The van der Waals surface area contributed by atoms with Gasteiger partial charge in [-0.15, -0.1) is 0 Å². The maximum absolute atomic E-state index is 12.2. The van der Waals surface area contributed by atoms with Gasteiger partial charge in [0, 0.05) is 7.11 Å². The van der Waals surface area contributed by atoms with Crippen molar-refractivity contribution in [3.05, 3.63) is 0 Å². The minimum atomic E-state index is -1.07. The lowest BCUT2D eigenvalue weighted by molar-refractivity contribution is -0.152. The van der Waals surface area contributed by atoms with E-state index in [0.29, 0.717) is 18.8 Å². The first-order chi connectivity index (χ1) is 9.41. The lowest BCUT2D eigenvalue weighted by atomic mass is 9.75. The van der Waals surface area contributed by atoms with E-state index in [4.69, 9.17) is 4.74 Å². The number of hydrogen-bond acceptors (Lipinski definition) is 3. The van der Waals surface area contributed by atoms with E-state index in [1.807, 2.05) is 0 Å². The summed E-state index contributed by atoms with van der Waals surface area (Å²) < 4.78 is 5.44. The predicted octanol–water partition coefficient (Wildman–Crippen LogP) is 2.10. The van der Waals surface area contributed by atoms with Gasteiger partial charge >= 0.3 is 5.97 Å². The van der Waals surface area contributed by atoms with E-state index in [1.165, 1.54) is 0 Å². The molecule has 5 nitrogen and oxygen atoms in total. The molecular weight excluding hydrogens is 258 g/mol. The van der Waals surface area contributed by atoms with Crippen LogP contribution >= 0.6 is 0 Å². The van der Waals surface area contributed by atoms with E-state index in [9.17, 15) is 14.7 Å². The number of amides is 1. The highest BCUT2D eigenvalue weighted by Crippen LogP contribution is 2.38. The third kappa shape index (κ3) is 2.97. The molecule has 0 saturated heterocycles. The number of methoxy groups -OCH3 is 1. The monoisotopic (exact) mass is 283 g/mol. The Morgan fingerprint density at radius 3 is 2.25 bits per heavy atom. The lowest BCUT2D eigenvalue weighted by Gasteiger charge is -2.42. The average molecular weight is 283 g/mol. The highest BCUT2D eigenvalue weighted by atomic mass is 16.5. The average Bonchev–Trinajstić information content (AvgIpc) is 2.36. The molecule has 0 aromatic rings. The van der Waals surface area contributed by atoms with E-state index >= 15 is 0 Å². The van der Waals surface area contributed by atoms with Crippen molar-refractivity contribution in [1.29, 1.82) is 0 Å². The molecule has 1 amide bonds. The van der Waals surface area contributed by atoms with Crippen molar-refractivity contribution in [3.8, 4) is 0 Å². The SMILES string of the molecule is COC1(CC(=O)NC2(C(=O)O)CCC(C)CC2)CCC1. The molecule has 114 valence electrons. The largest absolute Gasteiger partial charge is 0.480 e. The van der Waals surface area contributed by atoms with Gasteiger partial charge in [-0.1, -0.05) is 6.92 Å². The first kappa shape index (κ1) is 15.3. The standard InChI is InChI=1S/C15H25NO4/c1-11-4-8-15(9-5-11,13(18)19)16-12(17)10-14(20-2)6-3-7-14/h11H,3-10H2,1-2H3,(H,16,17)(H,18,19). The molecule has 0 atom stereocenters. The summed E-state index contributed by atoms with van der Waals surface area (Å²) in [5, 5.41) is 12.3. The zero-order valence-corrected chi connectivity index (χ0v) is 12.4. The summed E-state index contributed by atoms with van der Waals surface area (Å²) in [6, 6.07) is 0. The Morgan fingerprint density at radius 1 is 1.25 bits per heavy atom. The number of carboxylic acids is 1. The summed E-state index contributed by atoms with van der Waals surface area (Å²) in [4.78, 5) is 23.8. The fraction of sp³-hybridized carbons (Fsp3) is 0.867. The normalized spacial score (nSPS) is 32.2. The van der Waals surface area contributed by atoms with Crippen LogP contribution in [0, 0.1) is 5.92 Å². The van der Waals surface area contributed by atoms with Gasteiger partial charge in [0.15, 0.2) is 0 Å². The van der Waals surface area contributed by atoms with Crippen LogP contribution in [0.1, 0.15) is 58.3 Å². The molecule has 2 fully saturated rings. The smallest absolute Gasteiger partial charge is 0.329 e. The first-order valence-electron chi connectivity index (χ1n) is 7.51. The summed E-state index contributed by atoms with van der Waals surface area (Å²) in [7, 11) is 1.63. The zero-order chi connectivity index (χ0) is 14.8. The van der Waals surface area contributed by atoms with Crippen LogP contribution in [-0.4, -0.2) is 35.2 Å². The van der Waals surface area contributed by atoms with Crippen LogP contribution in [0.4, 0.5) is 0 Å². The maximum atomic E-state index is 12.2. The van der Waals surface area contributed by atoms with E-state index in [1.54, 1.807) is 7.11 Å². The van der Waals surface area contributed by atoms with Gasteiger partial charge < -0.3 is 15.2 Å². The number of carbonyl (C=O) groups excluding carboxylic acids is 1. The fourth-order valence-corrected chi connectivity index (χ4v) is 3.28. The molecule has 0 spiro atoms. The van der Waals surface area contributed by atoms with Gasteiger partial charge in [-0.05, 0) is 50.9 Å². The Morgan fingerprint density at radius 2 is 1.85 bits per heavy atom. The molecule has 20 heavy (non-hydrogen) atoms. The fourth-order valence-electron chi connectivity index (χ4n) is 3.28. The van der Waals surface area contributed by atoms with Crippen LogP contribution < -0.4 is 5.32 Å². The van der Waals surface area contributed by atoms with E-state index in [2.05, 4.69) is 12.2 Å². The van der Waals surface area contributed by atoms with Gasteiger partial charge in [-0.3, -0.25) is 4.79 Å². The summed E-state index contributed by atoms with van der Waals surface area (Å²) in [6.07, 6.45) is 5.85. The van der Waals surface area contributed by atoms with Gasteiger partial charge in [0.25, 0.3) is 0 Å². The highest BCUT2D eigenvalue weighted by molar-refractivity contribution is 5.87. The molecule has 0 heterocycles. The zero-order valence-electron chi connectivity index (χ0n) is 12.4. The third-order valence-corrected chi connectivity index (χ3v) is 5.10. The minimum Gasteiger partial charge on any atom is -0.480 e. The Balaban J connectivity index is 1.98. The maximum Gasteiger partial charge on any atom is 0.329 e. The second-order valence-electron chi connectivity index (χ2n) is 6.54. The molecular formula is C15H25NO4. The van der Waals surface area contributed by atoms with Crippen molar-refractivity contribution in [2.45, 2.75) is 69.4 Å². The number of nitrogens with one attached hydrogen (secondary N) is 1. The molecule has 0 bridgehead atoms. The molecule has 2 saturated carbocycles. The van der Waals surface area contributed by atoms with E-state index < -0.39 is 11.5 Å². The van der Waals surface area contributed by atoms with Crippen LogP contribution in [0.3, 0.4) is 0 Å². The molecule has 0 unspecified atom stereocenters. The van der Waals surface area contributed by atoms with Crippen LogP contribution in [-0.2, 0) is 14.3 Å². The molecule has 0 aromatic heterocycles. The number of hydrogen-bond donors (Lipinski definition) is 2. The van der Waals surface area contributed by atoms with Crippen molar-refractivity contribution < 1.29 is 19.4 Å². The molecule has 0 aliphatic heterocycles. The topological polar surface area (TPSA) is 75.6 Å². The summed E-state index contributed by atoms with van der Waals surface area (Å²) in [5.41, 5.74) is -1.42. The van der Waals surface area contributed by atoms with Gasteiger partial charge in [0.1, 0.15) is 5.54 Å². The quantitative estimate of drug-likeness (QED) is 0.810. The third-order valence-electron chi connectivity index (χ3n) is 5.10. The van der Waals surface area contributed by atoms with Crippen molar-refractivity contribution in [1.82, 2.24) is 5.32 Å². The van der Waals surface area contributed by atoms with E-state index in [0.717, 1.165) is 32.1 Å². The molecule has 2 aliphatic carbocycles. The predicted molar refractivity (Wildman–Crippen MR) is 74.3 cm³/mol. The molecule has 0 aromatic carbocycles. The van der Waals surface area contributed by atoms with Gasteiger partial charge in [-0.25, -0.2) is 4.79 Å². The van der Waals surface area contributed by atoms with Gasteiger partial charge in [0.05, 0.1) is 12.0 Å². The molecule has 5 heteroatoms. The Bertz CT molecular complexity index is 376. The summed E-state index contributed by atoms with van der Waals surface area (Å²) >= 11 is 0. The number of aliphatic carboxylic acids is 1. The Hall–Kier alpha value is -1.10. The molecule has 2 N–H and O–H groups in total. The van der Waals surface area contributed by atoms with Gasteiger partial charge in [-0.2, -0.15) is 0 Å². The summed E-state index contributed by atoms with van der Waals surface area (Å²) in [5.74, 6) is -0.558. The number of rotatable bonds is 5. The van der Waals surface area contributed by atoms with Crippen LogP contribution in [0.15, 0.2) is 0 Å². The highest BCUT2D eigenvalue weighted by Gasteiger charge is 2.45. The Labute approximate surface area is 120 Å². The van der Waals surface area contributed by atoms with E-state index in [-0.39, 0.29) is 17.9 Å². The second kappa shape index (κ2) is 5.72. The minimum absolute atomic E-state index is 0.191. The number of carbonyl (C=O) groups is 2. The van der Waals surface area contributed by atoms with Crippen LogP contribution in [0.25, 0.3) is 0 Å². The number of carboxylic acid groups (broad SMARTS) is 1. The van der Waals surface area contributed by atoms with Crippen LogP contribution in [0.2, 0.25) is 0 Å². The molecule has 2 aliphatic rings. The summed E-state index contributed by atoms with van der Waals surface area (Å²) in [6.45, 7) is 2.13. The van der Waals surface area contributed by atoms with Crippen molar-refractivity contribution in [2.75, 3.05) is 7.11 Å². The molecule has 0 radical (unpaired) electrons. The second-order valence-corrected chi connectivity index (χ2v) is 6.54. The molecule has 2 rings (SSSR count). The number of ether oxygens (including phenoxy) is 1. The van der Waals surface area contributed by atoms with Crippen LogP contribution in [0.5, 0.6) is 0 Å². The Kier molecular flexibility index (Phi) is 4.37. The van der Waals surface area contributed by atoms with Gasteiger partial charge in [0.2, 0.25) is 5.91 Å².